The Morgan fingerprint density at radius 2 is 1.62 bits per heavy atom. The molecule has 5 heteroatoms. The third-order valence-corrected chi connectivity index (χ3v) is 4.90. The smallest absolute Gasteiger partial charge is 0.243 e. The molecule has 2 aromatic carbocycles. The largest absolute Gasteiger partial charge is 0.371 e. The second-order valence-electron chi connectivity index (χ2n) is 5.00. The second-order valence-corrected chi connectivity index (χ2v) is 6.68. The van der Waals surface area contributed by atoms with Crippen LogP contribution in [0.5, 0.6) is 0 Å². The molecule has 0 amide bonds. The van der Waals surface area contributed by atoms with E-state index in [0.29, 0.717) is 5.56 Å². The van der Waals surface area contributed by atoms with Gasteiger partial charge >= 0.3 is 0 Å². The Bertz CT molecular complexity index is 696. The van der Waals surface area contributed by atoms with Gasteiger partial charge in [-0.2, -0.15) is 4.72 Å². The number of aliphatic hydroxyl groups is 1. The van der Waals surface area contributed by atoms with Crippen LogP contribution in [0.4, 0.5) is 0 Å². The predicted molar refractivity (Wildman–Crippen MR) is 82.1 cm³/mol. The molecular weight excluding hydrogens is 286 g/mol. The predicted octanol–water partition coefficient (Wildman–Crippen LogP) is 2.53. The molecule has 1 unspecified atom stereocenters. The van der Waals surface area contributed by atoms with Crippen molar-refractivity contribution >= 4 is 10.0 Å². The average molecular weight is 305 g/mol. The van der Waals surface area contributed by atoms with E-state index in [-0.39, 0.29) is 11.3 Å². The standard InChI is InChI=1S/C16H19NO3S/c1-3-16(18,14-7-5-4-6-8-14)17-21(19,20)15-11-9-13(2)10-12-15/h4-12,17-18H,3H2,1-2H3. The highest BCUT2D eigenvalue weighted by molar-refractivity contribution is 7.89. The van der Waals surface area contributed by atoms with Gasteiger partial charge in [-0.15, -0.1) is 0 Å². The maximum Gasteiger partial charge on any atom is 0.243 e. The highest BCUT2D eigenvalue weighted by atomic mass is 32.2. The molecule has 0 aromatic heterocycles. The fourth-order valence-corrected chi connectivity index (χ4v) is 3.37. The number of rotatable bonds is 5. The van der Waals surface area contributed by atoms with Crippen LogP contribution in [0.2, 0.25) is 0 Å². The Balaban J connectivity index is 2.35. The van der Waals surface area contributed by atoms with Crippen LogP contribution < -0.4 is 4.72 Å². The summed E-state index contributed by atoms with van der Waals surface area (Å²) < 4.78 is 27.2. The third kappa shape index (κ3) is 3.50. The first-order valence-corrected chi connectivity index (χ1v) is 8.24. The monoisotopic (exact) mass is 305 g/mol. The maximum atomic E-state index is 12.4. The van der Waals surface area contributed by atoms with Crippen molar-refractivity contribution in [2.75, 3.05) is 0 Å². The minimum absolute atomic E-state index is 0.135. The van der Waals surface area contributed by atoms with Crippen LogP contribution in [0.15, 0.2) is 59.5 Å². The van der Waals surface area contributed by atoms with Gasteiger partial charge in [0.15, 0.2) is 5.72 Å². The van der Waals surface area contributed by atoms with Crippen molar-refractivity contribution in [2.24, 2.45) is 0 Å². The molecule has 0 bridgehead atoms. The van der Waals surface area contributed by atoms with Gasteiger partial charge in [-0.25, -0.2) is 8.42 Å². The molecule has 2 aromatic rings. The Morgan fingerprint density at radius 3 is 2.14 bits per heavy atom. The van der Waals surface area contributed by atoms with Crippen LogP contribution in [-0.4, -0.2) is 13.5 Å². The Labute approximate surface area is 125 Å². The second kappa shape index (κ2) is 5.97. The SMILES string of the molecule is CCC(O)(NS(=O)(=O)c1ccc(C)cc1)c1ccccc1. The van der Waals surface area contributed by atoms with Crippen molar-refractivity contribution in [1.29, 1.82) is 0 Å². The van der Waals surface area contributed by atoms with Crippen LogP contribution >= 0.6 is 0 Å². The van der Waals surface area contributed by atoms with Crippen molar-refractivity contribution in [2.45, 2.75) is 30.9 Å². The number of hydrogen-bond donors (Lipinski definition) is 2. The van der Waals surface area contributed by atoms with E-state index in [9.17, 15) is 13.5 Å². The molecule has 1 atom stereocenters. The van der Waals surface area contributed by atoms with E-state index in [0.717, 1.165) is 5.56 Å². The molecular formula is C16H19NO3S. The topological polar surface area (TPSA) is 66.4 Å². The normalized spacial score (nSPS) is 14.6. The molecule has 4 nitrogen and oxygen atoms in total. The van der Waals surface area contributed by atoms with Gasteiger partial charge < -0.3 is 5.11 Å². The lowest BCUT2D eigenvalue weighted by molar-refractivity contribution is 0.0205. The molecule has 2 rings (SSSR count). The van der Waals surface area contributed by atoms with Crippen molar-refractivity contribution in [3.05, 3.63) is 65.7 Å². The van der Waals surface area contributed by atoms with Gasteiger partial charge in [0.25, 0.3) is 0 Å². The van der Waals surface area contributed by atoms with Crippen molar-refractivity contribution < 1.29 is 13.5 Å². The lowest BCUT2D eigenvalue weighted by Crippen LogP contribution is -2.45. The molecule has 0 heterocycles. The lowest BCUT2D eigenvalue weighted by atomic mass is 10.0. The first-order chi connectivity index (χ1) is 9.87. The Hall–Kier alpha value is -1.69. The summed E-state index contributed by atoms with van der Waals surface area (Å²) in [6.45, 7) is 3.61. The summed E-state index contributed by atoms with van der Waals surface area (Å²) in [6, 6.07) is 15.2. The quantitative estimate of drug-likeness (QED) is 0.834. The summed E-state index contributed by atoms with van der Waals surface area (Å²) >= 11 is 0. The maximum absolute atomic E-state index is 12.4. The molecule has 0 saturated heterocycles. The number of benzene rings is 2. The van der Waals surface area contributed by atoms with Crippen LogP contribution in [0.3, 0.4) is 0 Å². The van der Waals surface area contributed by atoms with Crippen molar-refractivity contribution in [3.8, 4) is 0 Å². The zero-order valence-corrected chi connectivity index (χ0v) is 12.9. The lowest BCUT2D eigenvalue weighted by Gasteiger charge is -2.28. The summed E-state index contributed by atoms with van der Waals surface area (Å²) in [5, 5.41) is 10.7. The summed E-state index contributed by atoms with van der Waals surface area (Å²) in [6.07, 6.45) is 0.224. The molecule has 21 heavy (non-hydrogen) atoms. The average Bonchev–Trinajstić information content (AvgIpc) is 2.48. The van der Waals surface area contributed by atoms with E-state index in [1.54, 1.807) is 43.3 Å². The van der Waals surface area contributed by atoms with E-state index in [1.807, 2.05) is 13.0 Å². The first kappa shape index (κ1) is 15.7. The number of nitrogens with one attached hydrogen (secondary N) is 1. The third-order valence-electron chi connectivity index (χ3n) is 3.40. The molecule has 2 N–H and O–H groups in total. The zero-order valence-electron chi connectivity index (χ0n) is 12.1. The van der Waals surface area contributed by atoms with Gasteiger partial charge in [-0.05, 0) is 31.0 Å². The molecule has 0 aliphatic carbocycles. The minimum Gasteiger partial charge on any atom is -0.371 e. The van der Waals surface area contributed by atoms with Crippen molar-refractivity contribution in [3.63, 3.8) is 0 Å². The molecule has 0 spiro atoms. The number of aryl methyl sites for hydroxylation is 1. The minimum atomic E-state index is -3.79. The zero-order chi connectivity index (χ0) is 15.5. The molecule has 0 saturated carbocycles. The summed E-state index contributed by atoms with van der Waals surface area (Å²) in [5.74, 6) is 0. The fourth-order valence-electron chi connectivity index (χ4n) is 2.05. The van der Waals surface area contributed by atoms with E-state index in [4.69, 9.17) is 0 Å². The highest BCUT2D eigenvalue weighted by Gasteiger charge is 2.32. The Morgan fingerprint density at radius 1 is 1.05 bits per heavy atom. The van der Waals surface area contributed by atoms with Gasteiger partial charge in [-0.3, -0.25) is 0 Å². The van der Waals surface area contributed by atoms with Gasteiger partial charge in [0.2, 0.25) is 10.0 Å². The Kier molecular flexibility index (Phi) is 4.46. The molecule has 112 valence electrons. The summed E-state index contributed by atoms with van der Waals surface area (Å²) in [4.78, 5) is 0.135. The molecule has 0 radical (unpaired) electrons. The van der Waals surface area contributed by atoms with Crippen LogP contribution in [-0.2, 0) is 15.7 Å². The van der Waals surface area contributed by atoms with Gasteiger partial charge in [0.1, 0.15) is 0 Å². The fraction of sp³-hybridized carbons (Fsp3) is 0.250. The van der Waals surface area contributed by atoms with Crippen LogP contribution in [0, 0.1) is 6.92 Å². The number of sulfonamides is 1. The van der Waals surface area contributed by atoms with Gasteiger partial charge in [-0.1, -0.05) is 55.0 Å². The summed E-state index contributed by atoms with van der Waals surface area (Å²) in [7, 11) is -3.79. The molecule has 0 fully saturated rings. The van der Waals surface area contributed by atoms with E-state index in [2.05, 4.69) is 4.72 Å². The van der Waals surface area contributed by atoms with E-state index in [1.165, 1.54) is 12.1 Å². The molecule has 0 aliphatic heterocycles. The van der Waals surface area contributed by atoms with Gasteiger partial charge in [0, 0.05) is 0 Å². The summed E-state index contributed by atoms with van der Waals surface area (Å²) in [5.41, 5.74) is -0.128. The molecule has 0 aliphatic rings. The van der Waals surface area contributed by atoms with Gasteiger partial charge in [0.05, 0.1) is 4.90 Å². The van der Waals surface area contributed by atoms with Crippen LogP contribution in [0.25, 0.3) is 0 Å². The van der Waals surface area contributed by atoms with Crippen molar-refractivity contribution in [1.82, 2.24) is 4.72 Å². The first-order valence-electron chi connectivity index (χ1n) is 6.76. The van der Waals surface area contributed by atoms with Crippen LogP contribution in [0.1, 0.15) is 24.5 Å². The van der Waals surface area contributed by atoms with E-state index >= 15 is 0 Å². The highest BCUT2D eigenvalue weighted by Crippen LogP contribution is 2.24. The number of hydrogen-bond acceptors (Lipinski definition) is 3. The van der Waals surface area contributed by atoms with E-state index < -0.39 is 15.7 Å².